The number of carbonyl (C=O) groups excluding carboxylic acids is 1. The highest BCUT2D eigenvalue weighted by Gasteiger charge is 2.39. The molecule has 4 rings (SSSR count). The van der Waals surface area contributed by atoms with Crippen molar-refractivity contribution >= 4 is 23.0 Å². The van der Waals surface area contributed by atoms with Gasteiger partial charge < -0.3 is 20.6 Å². The van der Waals surface area contributed by atoms with Gasteiger partial charge in [-0.25, -0.2) is 4.98 Å². The molecule has 1 aliphatic carbocycles. The lowest BCUT2D eigenvalue weighted by Gasteiger charge is -2.39. The summed E-state index contributed by atoms with van der Waals surface area (Å²) in [6, 6.07) is 1.22. The van der Waals surface area contributed by atoms with Crippen LogP contribution in [0.4, 0.5) is 17.1 Å². The molecule has 168 valence electrons. The van der Waals surface area contributed by atoms with Crippen molar-refractivity contribution in [3.63, 3.8) is 0 Å². The summed E-state index contributed by atoms with van der Waals surface area (Å²) < 4.78 is 1.75. The van der Waals surface area contributed by atoms with Gasteiger partial charge in [0.2, 0.25) is 0 Å². The molecule has 3 N–H and O–H groups in total. The van der Waals surface area contributed by atoms with Crippen molar-refractivity contribution in [1.29, 1.82) is 0 Å². The Hall–Kier alpha value is -3.69. The molecule has 3 aromatic rings. The summed E-state index contributed by atoms with van der Waals surface area (Å²) in [5, 5.41) is 21.1. The Morgan fingerprint density at radius 2 is 1.94 bits per heavy atom. The number of pyridine rings is 1. The van der Waals surface area contributed by atoms with E-state index in [4.69, 9.17) is 0 Å². The zero-order valence-corrected chi connectivity index (χ0v) is 18.7. The number of nitrogens with one attached hydrogen (secondary N) is 2. The van der Waals surface area contributed by atoms with E-state index < -0.39 is 22.5 Å². The Bertz CT molecular complexity index is 1280. The number of amides is 1. The van der Waals surface area contributed by atoms with Crippen molar-refractivity contribution in [3.8, 4) is 5.75 Å². The number of hydrogen-bond donors (Lipinski definition) is 3. The van der Waals surface area contributed by atoms with Crippen LogP contribution >= 0.6 is 0 Å². The Balaban J connectivity index is 1.68. The summed E-state index contributed by atoms with van der Waals surface area (Å²) >= 11 is 0. The Morgan fingerprint density at radius 3 is 2.62 bits per heavy atom. The van der Waals surface area contributed by atoms with E-state index >= 15 is 0 Å². The number of anilines is 3. The number of aromatic nitrogens is 3. The number of fused-ring (bicyclic) bond motifs is 1. The average Bonchev–Trinajstić information content (AvgIpc) is 3.12. The molecule has 10 nitrogen and oxygen atoms in total. The molecule has 0 aliphatic heterocycles. The van der Waals surface area contributed by atoms with Crippen LogP contribution in [0.2, 0.25) is 0 Å². The minimum Gasteiger partial charge on any atom is -0.504 e. The molecule has 1 aromatic carbocycles. The molecule has 32 heavy (non-hydrogen) atoms. The molecular formula is C22H26N6O4. The van der Waals surface area contributed by atoms with E-state index in [-0.39, 0.29) is 34.2 Å². The number of nitrogens with zero attached hydrogens (tertiary/aromatic N) is 4. The number of aromatic hydroxyl groups is 1. The van der Waals surface area contributed by atoms with Gasteiger partial charge in [0, 0.05) is 39.1 Å². The van der Waals surface area contributed by atoms with Crippen LogP contribution in [0.1, 0.15) is 48.1 Å². The molecule has 2 aromatic heterocycles. The monoisotopic (exact) mass is 438 g/mol. The first-order valence-electron chi connectivity index (χ1n) is 10.3. The smallest absolute Gasteiger partial charge is 0.275 e. The van der Waals surface area contributed by atoms with E-state index in [0.29, 0.717) is 0 Å². The largest absolute Gasteiger partial charge is 0.504 e. The Labute approximate surface area is 184 Å². The zero-order valence-electron chi connectivity index (χ0n) is 18.7. The summed E-state index contributed by atoms with van der Waals surface area (Å²) in [5.74, 6) is -0.875. The Kier molecular flexibility index (Phi) is 5.03. The van der Waals surface area contributed by atoms with Crippen LogP contribution in [0.3, 0.4) is 0 Å². The van der Waals surface area contributed by atoms with Crippen LogP contribution in [0.25, 0.3) is 0 Å². The predicted octanol–water partition coefficient (Wildman–Crippen LogP) is 1.69. The Morgan fingerprint density at radius 1 is 1.25 bits per heavy atom. The third kappa shape index (κ3) is 3.41. The molecule has 1 aliphatic rings. The first kappa shape index (κ1) is 21.5. The van der Waals surface area contributed by atoms with Crippen molar-refractivity contribution < 1.29 is 9.90 Å². The van der Waals surface area contributed by atoms with Crippen molar-refractivity contribution in [1.82, 2.24) is 19.7 Å². The van der Waals surface area contributed by atoms with Crippen molar-refractivity contribution in [3.05, 3.63) is 55.9 Å². The quantitative estimate of drug-likeness (QED) is 0.513. The van der Waals surface area contributed by atoms with Gasteiger partial charge in [0.15, 0.2) is 11.4 Å². The van der Waals surface area contributed by atoms with E-state index in [9.17, 15) is 19.5 Å². The lowest BCUT2D eigenvalue weighted by atomic mass is 9.72. The average molecular weight is 438 g/mol. The van der Waals surface area contributed by atoms with Crippen LogP contribution in [0.5, 0.6) is 5.75 Å². The molecule has 0 unspecified atom stereocenters. The van der Waals surface area contributed by atoms with Gasteiger partial charge in [-0.2, -0.15) is 5.10 Å². The molecule has 1 atom stereocenters. The van der Waals surface area contributed by atoms with E-state index in [1.807, 2.05) is 13.2 Å². The van der Waals surface area contributed by atoms with E-state index in [1.165, 1.54) is 17.2 Å². The SMILES string of the molecule is CN(C)C(=O)c1nccc(Nc2c(N[C@H]3c4cn(C)nc4CCC3(C)C)c(=O)c2=O)c1O. The van der Waals surface area contributed by atoms with Crippen LogP contribution < -0.4 is 21.5 Å². The van der Waals surface area contributed by atoms with Crippen LogP contribution in [-0.2, 0) is 13.5 Å². The zero-order chi connectivity index (χ0) is 23.4. The highest BCUT2D eigenvalue weighted by Crippen LogP contribution is 2.45. The number of aryl methyl sites for hydroxylation is 2. The molecule has 0 saturated heterocycles. The number of hydrogen-bond acceptors (Lipinski definition) is 8. The fourth-order valence-electron chi connectivity index (χ4n) is 4.12. The minimum atomic E-state index is -0.691. The maximum absolute atomic E-state index is 12.4. The van der Waals surface area contributed by atoms with Crippen molar-refractivity contribution in [2.45, 2.75) is 32.7 Å². The lowest BCUT2D eigenvalue weighted by Crippen LogP contribution is -2.41. The second-order valence-corrected chi connectivity index (χ2v) is 9.06. The predicted molar refractivity (Wildman–Crippen MR) is 120 cm³/mol. The highest BCUT2D eigenvalue weighted by molar-refractivity contribution is 5.97. The summed E-state index contributed by atoms with van der Waals surface area (Å²) in [5.41, 5.74) is 0.628. The van der Waals surface area contributed by atoms with E-state index in [2.05, 4.69) is 34.6 Å². The highest BCUT2D eigenvalue weighted by atomic mass is 16.3. The van der Waals surface area contributed by atoms with Gasteiger partial charge in [-0.1, -0.05) is 13.8 Å². The van der Waals surface area contributed by atoms with Gasteiger partial charge >= 0.3 is 0 Å². The van der Waals surface area contributed by atoms with E-state index in [0.717, 1.165) is 24.1 Å². The van der Waals surface area contributed by atoms with Gasteiger partial charge in [0.25, 0.3) is 16.8 Å². The number of rotatable bonds is 5. The van der Waals surface area contributed by atoms with Crippen LogP contribution in [0.15, 0.2) is 28.0 Å². The van der Waals surface area contributed by atoms with Crippen molar-refractivity contribution in [2.75, 3.05) is 24.7 Å². The summed E-state index contributed by atoms with van der Waals surface area (Å²) in [4.78, 5) is 42.3. The van der Waals surface area contributed by atoms with Crippen LogP contribution in [0, 0.1) is 5.41 Å². The molecule has 10 heteroatoms. The van der Waals surface area contributed by atoms with Gasteiger partial charge in [0.05, 0.1) is 17.4 Å². The molecule has 2 heterocycles. The maximum atomic E-state index is 12.4. The summed E-state index contributed by atoms with van der Waals surface area (Å²) in [6.45, 7) is 4.21. The molecule has 0 radical (unpaired) electrons. The van der Waals surface area contributed by atoms with Gasteiger partial charge in [0.1, 0.15) is 11.4 Å². The standard InChI is InChI=1S/C22H26N6O4/c1-22(2)8-6-12-11(10-28(5)26-12)20(22)25-15-14(18(30)19(15)31)24-13-7-9-23-16(17(13)29)21(32)27(3)4/h7,9-10,20,25,29H,6,8H2,1-5H3,(H,23,24)/t20-/m0/s1. The normalized spacial score (nSPS) is 17.1. The molecule has 0 saturated carbocycles. The third-order valence-corrected chi connectivity index (χ3v) is 6.03. The summed E-state index contributed by atoms with van der Waals surface area (Å²) in [7, 11) is 4.94. The van der Waals surface area contributed by atoms with Gasteiger partial charge in [-0.3, -0.25) is 19.1 Å². The minimum absolute atomic E-state index is 0.0477. The lowest BCUT2D eigenvalue weighted by molar-refractivity contribution is 0.0819. The molecule has 0 bridgehead atoms. The third-order valence-electron chi connectivity index (χ3n) is 6.03. The van der Waals surface area contributed by atoms with Gasteiger partial charge in [-0.15, -0.1) is 0 Å². The van der Waals surface area contributed by atoms with Crippen molar-refractivity contribution in [2.24, 2.45) is 12.5 Å². The molecule has 0 spiro atoms. The molecule has 0 fully saturated rings. The van der Waals surface area contributed by atoms with Crippen LogP contribution in [-0.4, -0.2) is 44.8 Å². The summed E-state index contributed by atoms with van der Waals surface area (Å²) in [6.07, 6.45) is 4.99. The topological polar surface area (TPSA) is 129 Å². The maximum Gasteiger partial charge on any atom is 0.275 e. The molecule has 1 amide bonds. The van der Waals surface area contributed by atoms with E-state index in [1.54, 1.807) is 18.8 Å². The second-order valence-electron chi connectivity index (χ2n) is 9.06. The fourth-order valence-corrected chi connectivity index (χ4v) is 4.12. The van der Waals surface area contributed by atoms with Gasteiger partial charge in [-0.05, 0) is 24.3 Å². The fraction of sp³-hybridized carbons (Fsp3) is 0.409. The first-order valence-corrected chi connectivity index (χ1v) is 10.3. The second kappa shape index (κ2) is 7.47. The number of carbonyl (C=O) groups is 1. The first-order chi connectivity index (χ1) is 15.0. The molecular weight excluding hydrogens is 412 g/mol.